The summed E-state index contributed by atoms with van der Waals surface area (Å²) in [6, 6.07) is -1.05. The van der Waals surface area contributed by atoms with Crippen LogP contribution in [0.15, 0.2) is 0 Å². The molecule has 2 unspecified atom stereocenters. The smallest absolute Gasteiger partial charge is 0.318 e. The molecule has 98 valence electrons. The molecule has 1 aliphatic heterocycles. The first-order valence-corrected chi connectivity index (χ1v) is 5.80. The second-order valence-corrected chi connectivity index (χ2v) is 5.04. The second kappa shape index (κ2) is 5.46. The number of carbonyl (C=O) groups excluding carboxylic acids is 2. The summed E-state index contributed by atoms with van der Waals surface area (Å²) in [6.07, 6.45) is 1.69. The number of ether oxygens (including phenoxy) is 1. The van der Waals surface area contributed by atoms with Crippen LogP contribution in [0, 0.1) is 0 Å². The van der Waals surface area contributed by atoms with Gasteiger partial charge in [-0.3, -0.25) is 10.1 Å². The van der Waals surface area contributed by atoms with Crippen molar-refractivity contribution in [3.63, 3.8) is 0 Å². The molecule has 0 aromatic carbocycles. The lowest BCUT2D eigenvalue weighted by molar-refractivity contribution is -0.122. The van der Waals surface area contributed by atoms with Crippen molar-refractivity contribution >= 4 is 11.9 Å². The summed E-state index contributed by atoms with van der Waals surface area (Å²) >= 11 is 0. The number of urea groups is 1. The summed E-state index contributed by atoms with van der Waals surface area (Å²) in [4.78, 5) is 22.0. The molecule has 4 N–H and O–H groups in total. The summed E-state index contributed by atoms with van der Waals surface area (Å²) < 4.78 is 5.59. The van der Waals surface area contributed by atoms with E-state index < -0.39 is 18.0 Å². The van der Waals surface area contributed by atoms with Gasteiger partial charge in [0.25, 0.3) is 0 Å². The van der Waals surface area contributed by atoms with Gasteiger partial charge >= 0.3 is 6.03 Å². The van der Waals surface area contributed by atoms with Gasteiger partial charge in [0, 0.05) is 12.6 Å². The van der Waals surface area contributed by atoms with Crippen molar-refractivity contribution < 1.29 is 14.3 Å². The number of nitrogens with two attached hydrogens (primary N) is 1. The largest absolute Gasteiger partial charge is 0.375 e. The van der Waals surface area contributed by atoms with E-state index in [9.17, 15) is 9.59 Å². The zero-order valence-corrected chi connectivity index (χ0v) is 10.6. The molecule has 1 rings (SSSR count). The minimum absolute atomic E-state index is 0.171. The zero-order valence-electron chi connectivity index (χ0n) is 10.6. The number of carbonyl (C=O) groups is 2. The molecule has 0 aromatic heterocycles. The average molecular weight is 243 g/mol. The molecule has 6 nitrogen and oxygen atoms in total. The Morgan fingerprint density at radius 1 is 1.47 bits per heavy atom. The third-order valence-electron chi connectivity index (χ3n) is 2.82. The number of amides is 3. The monoisotopic (exact) mass is 243 g/mol. The Bertz CT molecular complexity index is 304. The quantitative estimate of drug-likeness (QED) is 0.656. The third-order valence-corrected chi connectivity index (χ3v) is 2.82. The Hall–Kier alpha value is -1.14. The van der Waals surface area contributed by atoms with Crippen LogP contribution in [0.1, 0.15) is 33.6 Å². The zero-order chi connectivity index (χ0) is 13.1. The minimum Gasteiger partial charge on any atom is -0.375 e. The van der Waals surface area contributed by atoms with E-state index in [1.165, 1.54) is 0 Å². The Kier molecular flexibility index (Phi) is 4.47. The van der Waals surface area contributed by atoms with E-state index >= 15 is 0 Å². The molecule has 1 fully saturated rings. The fraction of sp³-hybridized carbons (Fsp3) is 0.818. The van der Waals surface area contributed by atoms with Gasteiger partial charge in [-0.1, -0.05) is 0 Å². The summed E-state index contributed by atoms with van der Waals surface area (Å²) in [6.45, 7) is 6.43. The highest BCUT2D eigenvalue weighted by molar-refractivity contribution is 5.96. The van der Waals surface area contributed by atoms with Crippen LogP contribution in [-0.2, 0) is 9.53 Å². The SMILES string of the molecule is CC(NC1CCOC(C)(C)C1)C(=O)NC(N)=O. The Morgan fingerprint density at radius 3 is 2.65 bits per heavy atom. The minimum atomic E-state index is -0.823. The van der Waals surface area contributed by atoms with Crippen molar-refractivity contribution in [3.05, 3.63) is 0 Å². The van der Waals surface area contributed by atoms with Gasteiger partial charge in [-0.15, -0.1) is 0 Å². The lowest BCUT2D eigenvalue weighted by Gasteiger charge is -2.36. The van der Waals surface area contributed by atoms with Gasteiger partial charge in [0.15, 0.2) is 0 Å². The summed E-state index contributed by atoms with van der Waals surface area (Å²) in [5.41, 5.74) is 4.72. The van der Waals surface area contributed by atoms with Gasteiger partial charge in [0.1, 0.15) is 0 Å². The maximum absolute atomic E-state index is 11.5. The van der Waals surface area contributed by atoms with Crippen molar-refractivity contribution in [2.75, 3.05) is 6.61 Å². The number of primary amides is 1. The van der Waals surface area contributed by atoms with Crippen molar-refractivity contribution in [1.82, 2.24) is 10.6 Å². The Morgan fingerprint density at radius 2 is 2.12 bits per heavy atom. The van der Waals surface area contributed by atoms with E-state index in [0.717, 1.165) is 12.8 Å². The molecule has 6 heteroatoms. The molecule has 0 radical (unpaired) electrons. The first kappa shape index (κ1) is 13.9. The van der Waals surface area contributed by atoms with E-state index in [2.05, 4.69) is 10.6 Å². The molecule has 1 heterocycles. The molecule has 0 spiro atoms. The lowest BCUT2D eigenvalue weighted by Crippen LogP contribution is -2.52. The topological polar surface area (TPSA) is 93.4 Å². The normalized spacial score (nSPS) is 25.0. The van der Waals surface area contributed by atoms with Gasteiger partial charge in [0.05, 0.1) is 11.6 Å². The van der Waals surface area contributed by atoms with Crippen LogP contribution in [0.2, 0.25) is 0 Å². The Labute approximate surface area is 101 Å². The van der Waals surface area contributed by atoms with Gasteiger partial charge in [-0.2, -0.15) is 0 Å². The maximum Gasteiger partial charge on any atom is 0.318 e. The third kappa shape index (κ3) is 4.70. The van der Waals surface area contributed by atoms with Crippen LogP contribution >= 0.6 is 0 Å². The highest BCUT2D eigenvalue weighted by Crippen LogP contribution is 2.24. The molecule has 2 atom stereocenters. The van der Waals surface area contributed by atoms with Gasteiger partial charge in [-0.05, 0) is 33.6 Å². The number of rotatable bonds is 3. The van der Waals surface area contributed by atoms with E-state index in [4.69, 9.17) is 10.5 Å². The second-order valence-electron chi connectivity index (χ2n) is 5.04. The van der Waals surface area contributed by atoms with Crippen LogP contribution in [0.25, 0.3) is 0 Å². The lowest BCUT2D eigenvalue weighted by atomic mass is 9.93. The van der Waals surface area contributed by atoms with E-state index in [0.29, 0.717) is 6.61 Å². The fourth-order valence-electron chi connectivity index (χ4n) is 2.03. The van der Waals surface area contributed by atoms with Crippen LogP contribution < -0.4 is 16.4 Å². The van der Waals surface area contributed by atoms with Crippen molar-refractivity contribution in [2.45, 2.75) is 51.3 Å². The molecule has 0 bridgehead atoms. The predicted molar refractivity (Wildman–Crippen MR) is 63.4 cm³/mol. The fourth-order valence-corrected chi connectivity index (χ4v) is 2.03. The average Bonchev–Trinajstić information content (AvgIpc) is 2.14. The molecule has 1 saturated heterocycles. The standard InChI is InChI=1S/C11H21N3O3/c1-7(9(15)14-10(12)16)13-8-4-5-17-11(2,3)6-8/h7-8,13H,4-6H2,1-3H3,(H3,12,14,15,16). The summed E-state index contributed by atoms with van der Waals surface area (Å²) in [5, 5.41) is 5.24. The van der Waals surface area contributed by atoms with Crippen molar-refractivity contribution in [1.29, 1.82) is 0 Å². The van der Waals surface area contributed by atoms with E-state index in [1.54, 1.807) is 6.92 Å². The number of hydrogen-bond acceptors (Lipinski definition) is 4. The van der Waals surface area contributed by atoms with Crippen molar-refractivity contribution in [3.8, 4) is 0 Å². The molecular formula is C11H21N3O3. The highest BCUT2D eigenvalue weighted by Gasteiger charge is 2.30. The van der Waals surface area contributed by atoms with Crippen LogP contribution in [0.3, 0.4) is 0 Å². The van der Waals surface area contributed by atoms with Crippen LogP contribution in [0.5, 0.6) is 0 Å². The molecule has 17 heavy (non-hydrogen) atoms. The van der Waals surface area contributed by atoms with Gasteiger partial charge < -0.3 is 15.8 Å². The molecule has 3 amide bonds. The van der Waals surface area contributed by atoms with Crippen LogP contribution in [-0.4, -0.2) is 36.2 Å². The predicted octanol–water partition coefficient (Wildman–Crippen LogP) is 0.117. The molecule has 0 saturated carbocycles. The highest BCUT2D eigenvalue weighted by atomic mass is 16.5. The number of imide groups is 1. The van der Waals surface area contributed by atoms with Crippen molar-refractivity contribution in [2.24, 2.45) is 5.73 Å². The molecule has 1 aliphatic rings. The molecule has 0 aliphatic carbocycles. The van der Waals surface area contributed by atoms with Gasteiger partial charge in [-0.25, -0.2) is 4.79 Å². The first-order valence-electron chi connectivity index (χ1n) is 5.80. The van der Waals surface area contributed by atoms with Gasteiger partial charge in [0.2, 0.25) is 5.91 Å². The molecular weight excluding hydrogens is 222 g/mol. The number of hydrogen-bond donors (Lipinski definition) is 3. The maximum atomic E-state index is 11.5. The van der Waals surface area contributed by atoms with E-state index in [1.807, 2.05) is 13.8 Å². The summed E-state index contributed by atoms with van der Waals surface area (Å²) in [7, 11) is 0. The van der Waals surface area contributed by atoms with E-state index in [-0.39, 0.29) is 11.6 Å². The Balaban J connectivity index is 2.42. The van der Waals surface area contributed by atoms with Crippen LogP contribution in [0.4, 0.5) is 4.79 Å². The number of nitrogens with one attached hydrogen (secondary N) is 2. The first-order chi connectivity index (χ1) is 7.80. The molecule has 0 aromatic rings. The summed E-state index contributed by atoms with van der Waals surface area (Å²) in [5.74, 6) is -0.401.